The van der Waals surface area contributed by atoms with E-state index in [1.165, 1.54) is 32.1 Å². The highest BCUT2D eigenvalue weighted by molar-refractivity contribution is 5.69. The van der Waals surface area contributed by atoms with Gasteiger partial charge in [-0.25, -0.2) is 0 Å². The molecule has 15 heavy (non-hydrogen) atoms. The summed E-state index contributed by atoms with van der Waals surface area (Å²) >= 11 is 0. The van der Waals surface area contributed by atoms with E-state index in [9.17, 15) is 4.79 Å². The molecule has 3 heteroatoms. The fraction of sp³-hybridized carbons (Fsp3) is 0.917. The fourth-order valence-electron chi connectivity index (χ4n) is 2.34. The Morgan fingerprint density at radius 1 is 1.47 bits per heavy atom. The molecule has 1 rings (SSSR count). The van der Waals surface area contributed by atoms with Gasteiger partial charge >= 0.3 is 5.97 Å². The predicted molar refractivity (Wildman–Crippen MR) is 60.9 cm³/mol. The Hall–Kier alpha value is -0.570. The molecule has 1 unspecified atom stereocenters. The minimum absolute atomic E-state index is 0.251. The number of aliphatic carboxylic acids is 1. The van der Waals surface area contributed by atoms with Crippen molar-refractivity contribution in [2.24, 2.45) is 11.8 Å². The van der Waals surface area contributed by atoms with Gasteiger partial charge in [-0.3, -0.25) is 4.79 Å². The molecule has 88 valence electrons. The lowest BCUT2D eigenvalue weighted by molar-refractivity contribution is -0.141. The molecule has 3 nitrogen and oxygen atoms in total. The molecule has 1 atom stereocenters. The molecule has 0 aliphatic heterocycles. The first-order chi connectivity index (χ1) is 7.09. The number of hydrogen-bond donors (Lipinski definition) is 1. The van der Waals surface area contributed by atoms with E-state index >= 15 is 0 Å². The van der Waals surface area contributed by atoms with E-state index in [4.69, 9.17) is 5.11 Å². The Morgan fingerprint density at radius 3 is 2.60 bits per heavy atom. The molecule has 0 aromatic carbocycles. The lowest BCUT2D eigenvalue weighted by atomic mass is 10.0. The lowest BCUT2D eigenvalue weighted by Crippen LogP contribution is -2.30. The minimum Gasteiger partial charge on any atom is -0.481 e. The Labute approximate surface area is 92.5 Å². The second-order valence-corrected chi connectivity index (χ2v) is 4.94. The van der Waals surface area contributed by atoms with Crippen LogP contribution in [0.15, 0.2) is 0 Å². The van der Waals surface area contributed by atoms with Crippen LogP contribution < -0.4 is 0 Å². The number of carbonyl (C=O) groups is 1. The van der Waals surface area contributed by atoms with Gasteiger partial charge in [0.1, 0.15) is 0 Å². The zero-order valence-electron chi connectivity index (χ0n) is 9.91. The van der Waals surface area contributed by atoms with Crippen molar-refractivity contribution in [3.8, 4) is 0 Å². The van der Waals surface area contributed by atoms with Gasteiger partial charge in [0.25, 0.3) is 0 Å². The Bertz CT molecular complexity index is 200. The molecule has 0 aromatic rings. The number of rotatable bonds is 6. The lowest BCUT2D eigenvalue weighted by Gasteiger charge is -2.20. The average Bonchev–Trinajstić information content (AvgIpc) is 2.66. The molecule has 0 spiro atoms. The second-order valence-electron chi connectivity index (χ2n) is 4.94. The predicted octanol–water partition coefficient (Wildman–Crippen LogP) is 2.22. The van der Waals surface area contributed by atoms with Crippen molar-refractivity contribution >= 4 is 5.97 Å². The summed E-state index contributed by atoms with van der Waals surface area (Å²) in [5.74, 6) is -0.0473. The van der Waals surface area contributed by atoms with Gasteiger partial charge in [-0.2, -0.15) is 0 Å². The number of nitrogens with zero attached hydrogens (tertiary/aromatic N) is 1. The maximum absolute atomic E-state index is 10.7. The molecule has 1 fully saturated rings. The molecule has 0 bridgehead atoms. The van der Waals surface area contributed by atoms with Crippen molar-refractivity contribution in [1.82, 2.24) is 4.90 Å². The highest BCUT2D eigenvalue weighted by atomic mass is 16.4. The van der Waals surface area contributed by atoms with Gasteiger partial charge in [-0.1, -0.05) is 32.6 Å². The first-order valence-corrected chi connectivity index (χ1v) is 6.01. The molecule has 0 radical (unpaired) electrons. The van der Waals surface area contributed by atoms with Gasteiger partial charge in [0.2, 0.25) is 0 Å². The van der Waals surface area contributed by atoms with Crippen LogP contribution in [0.5, 0.6) is 0 Å². The summed E-state index contributed by atoms with van der Waals surface area (Å²) in [6.45, 7) is 3.48. The van der Waals surface area contributed by atoms with Crippen molar-refractivity contribution < 1.29 is 9.90 Å². The van der Waals surface area contributed by atoms with Crippen LogP contribution >= 0.6 is 0 Å². The van der Waals surface area contributed by atoms with E-state index < -0.39 is 5.97 Å². The van der Waals surface area contributed by atoms with Gasteiger partial charge < -0.3 is 10.0 Å². The maximum atomic E-state index is 10.7. The highest BCUT2D eigenvalue weighted by Gasteiger charge is 2.17. The molecule has 1 aliphatic carbocycles. The number of carboxylic acid groups (broad SMARTS) is 1. The van der Waals surface area contributed by atoms with Crippen molar-refractivity contribution in [3.63, 3.8) is 0 Å². The molecule has 1 aliphatic rings. The fourth-order valence-corrected chi connectivity index (χ4v) is 2.34. The molecule has 0 amide bonds. The largest absolute Gasteiger partial charge is 0.481 e. The summed E-state index contributed by atoms with van der Waals surface area (Å²) in [6, 6.07) is 0. The topological polar surface area (TPSA) is 40.5 Å². The Morgan fingerprint density at radius 2 is 2.07 bits per heavy atom. The van der Waals surface area contributed by atoms with Gasteiger partial charge in [-0.15, -0.1) is 0 Å². The summed E-state index contributed by atoms with van der Waals surface area (Å²) in [5.41, 5.74) is 0. The van der Waals surface area contributed by atoms with E-state index in [0.29, 0.717) is 6.54 Å². The zero-order valence-corrected chi connectivity index (χ0v) is 9.91. The molecule has 0 aromatic heterocycles. The first-order valence-electron chi connectivity index (χ1n) is 6.01. The standard InChI is InChI=1S/C12H23NO2/c1-10(12(14)15)9-13(2)8-7-11-5-3-4-6-11/h10-11H,3-9H2,1-2H3,(H,14,15). The summed E-state index contributed by atoms with van der Waals surface area (Å²) in [4.78, 5) is 12.8. The average molecular weight is 213 g/mol. The SMILES string of the molecule is CC(CN(C)CCC1CCCC1)C(=O)O. The molecule has 1 N–H and O–H groups in total. The maximum Gasteiger partial charge on any atom is 0.307 e. The van der Waals surface area contributed by atoms with Gasteiger partial charge in [0.15, 0.2) is 0 Å². The molecular formula is C12H23NO2. The number of carboxylic acids is 1. The van der Waals surface area contributed by atoms with Crippen LogP contribution in [0.25, 0.3) is 0 Å². The summed E-state index contributed by atoms with van der Waals surface area (Å²) in [5, 5.41) is 8.78. The van der Waals surface area contributed by atoms with Gasteiger partial charge in [0, 0.05) is 6.54 Å². The van der Waals surface area contributed by atoms with Gasteiger partial charge in [0.05, 0.1) is 5.92 Å². The van der Waals surface area contributed by atoms with E-state index in [1.54, 1.807) is 6.92 Å². The summed E-state index contributed by atoms with van der Waals surface area (Å²) in [6.07, 6.45) is 6.77. The molecule has 1 saturated carbocycles. The third-order valence-electron chi connectivity index (χ3n) is 3.40. The quantitative estimate of drug-likeness (QED) is 0.735. The van der Waals surface area contributed by atoms with Crippen LogP contribution in [-0.4, -0.2) is 36.1 Å². The van der Waals surface area contributed by atoms with Crippen LogP contribution in [0, 0.1) is 11.8 Å². The van der Waals surface area contributed by atoms with Crippen molar-refractivity contribution in [3.05, 3.63) is 0 Å². The number of hydrogen-bond acceptors (Lipinski definition) is 2. The van der Waals surface area contributed by atoms with E-state index in [-0.39, 0.29) is 5.92 Å². The Kier molecular flexibility index (Phi) is 5.09. The third-order valence-corrected chi connectivity index (χ3v) is 3.40. The van der Waals surface area contributed by atoms with E-state index in [2.05, 4.69) is 4.90 Å². The van der Waals surface area contributed by atoms with E-state index in [0.717, 1.165) is 12.5 Å². The third kappa shape index (κ3) is 4.65. The van der Waals surface area contributed by atoms with Crippen molar-refractivity contribution in [2.45, 2.75) is 39.0 Å². The van der Waals surface area contributed by atoms with Gasteiger partial charge in [-0.05, 0) is 25.9 Å². The van der Waals surface area contributed by atoms with Crippen LogP contribution in [0.1, 0.15) is 39.0 Å². The molecule has 0 saturated heterocycles. The zero-order chi connectivity index (χ0) is 11.3. The summed E-state index contributed by atoms with van der Waals surface area (Å²) < 4.78 is 0. The van der Waals surface area contributed by atoms with Crippen molar-refractivity contribution in [2.75, 3.05) is 20.1 Å². The minimum atomic E-state index is -0.692. The monoisotopic (exact) mass is 213 g/mol. The van der Waals surface area contributed by atoms with Crippen LogP contribution in [0.3, 0.4) is 0 Å². The van der Waals surface area contributed by atoms with Crippen LogP contribution in [-0.2, 0) is 4.79 Å². The normalized spacial score (nSPS) is 19.7. The van der Waals surface area contributed by atoms with Crippen LogP contribution in [0.4, 0.5) is 0 Å². The Balaban J connectivity index is 2.12. The summed E-state index contributed by atoms with van der Waals surface area (Å²) in [7, 11) is 2.02. The smallest absolute Gasteiger partial charge is 0.307 e. The van der Waals surface area contributed by atoms with Crippen LogP contribution in [0.2, 0.25) is 0 Å². The molecular weight excluding hydrogens is 190 g/mol. The molecule has 0 heterocycles. The van der Waals surface area contributed by atoms with Crippen molar-refractivity contribution in [1.29, 1.82) is 0 Å². The second kappa shape index (κ2) is 6.11. The van der Waals surface area contributed by atoms with E-state index in [1.807, 2.05) is 7.05 Å². The highest BCUT2D eigenvalue weighted by Crippen LogP contribution is 2.27. The first kappa shape index (κ1) is 12.5.